The minimum atomic E-state index is 0.216. The summed E-state index contributed by atoms with van der Waals surface area (Å²) in [7, 11) is 1.72. The van der Waals surface area contributed by atoms with E-state index in [1.165, 1.54) is 0 Å². The van der Waals surface area contributed by atoms with E-state index in [-0.39, 0.29) is 18.8 Å². The molecule has 1 saturated heterocycles. The Morgan fingerprint density at radius 3 is 3.00 bits per heavy atom. The van der Waals surface area contributed by atoms with Crippen molar-refractivity contribution < 1.29 is 9.84 Å². The van der Waals surface area contributed by atoms with E-state index in [1.54, 1.807) is 7.11 Å². The first-order valence-electron chi connectivity index (χ1n) is 4.30. The molecule has 3 heteroatoms. The van der Waals surface area contributed by atoms with Crippen LogP contribution in [-0.2, 0) is 4.74 Å². The summed E-state index contributed by atoms with van der Waals surface area (Å²) in [4.78, 5) is 2.20. The van der Waals surface area contributed by atoms with Crippen LogP contribution >= 0.6 is 0 Å². The van der Waals surface area contributed by atoms with Crippen LogP contribution in [0.3, 0.4) is 0 Å². The number of likely N-dealkylation sites (tertiary alicyclic amines) is 1. The van der Waals surface area contributed by atoms with Gasteiger partial charge < -0.3 is 9.84 Å². The normalized spacial score (nSPS) is 30.8. The number of rotatable bonds is 4. The molecule has 0 bridgehead atoms. The predicted octanol–water partition coefficient (Wildman–Crippen LogP) is 0.254. The Hall–Kier alpha value is -0.380. The summed E-state index contributed by atoms with van der Waals surface area (Å²) in [6, 6.07) is 0.257. The minimum Gasteiger partial charge on any atom is -0.395 e. The Morgan fingerprint density at radius 2 is 2.50 bits per heavy atom. The van der Waals surface area contributed by atoms with Crippen molar-refractivity contribution in [2.24, 2.45) is 0 Å². The molecule has 2 atom stereocenters. The molecule has 1 heterocycles. The third kappa shape index (κ3) is 2.06. The Bertz CT molecular complexity index is 149. The Balaban J connectivity index is 2.44. The van der Waals surface area contributed by atoms with Gasteiger partial charge >= 0.3 is 0 Å². The second kappa shape index (κ2) is 4.60. The van der Waals surface area contributed by atoms with Crippen molar-refractivity contribution in [1.29, 1.82) is 0 Å². The second-order valence-corrected chi connectivity index (χ2v) is 3.17. The van der Waals surface area contributed by atoms with Crippen molar-refractivity contribution in [3.8, 4) is 0 Å². The van der Waals surface area contributed by atoms with Gasteiger partial charge in [-0.1, -0.05) is 6.08 Å². The summed E-state index contributed by atoms with van der Waals surface area (Å²) in [5.74, 6) is 0. The zero-order valence-corrected chi connectivity index (χ0v) is 7.57. The van der Waals surface area contributed by atoms with E-state index < -0.39 is 0 Å². The number of methoxy groups -OCH3 is 1. The zero-order chi connectivity index (χ0) is 8.97. The lowest BCUT2D eigenvalue weighted by Crippen LogP contribution is -2.32. The van der Waals surface area contributed by atoms with E-state index in [0.29, 0.717) is 0 Å². The van der Waals surface area contributed by atoms with Gasteiger partial charge in [0.2, 0.25) is 0 Å². The molecular weight excluding hydrogens is 154 g/mol. The molecule has 3 nitrogen and oxygen atoms in total. The van der Waals surface area contributed by atoms with Crippen LogP contribution in [-0.4, -0.2) is 49.0 Å². The highest BCUT2D eigenvalue weighted by atomic mass is 16.5. The van der Waals surface area contributed by atoms with Crippen molar-refractivity contribution in [1.82, 2.24) is 4.90 Å². The molecule has 12 heavy (non-hydrogen) atoms. The van der Waals surface area contributed by atoms with Crippen LogP contribution in [0.15, 0.2) is 12.7 Å². The van der Waals surface area contributed by atoms with Gasteiger partial charge in [-0.3, -0.25) is 4.90 Å². The van der Waals surface area contributed by atoms with Crippen molar-refractivity contribution in [2.45, 2.75) is 18.6 Å². The molecule has 0 amide bonds. The maximum Gasteiger partial charge on any atom is 0.0714 e. The summed E-state index contributed by atoms with van der Waals surface area (Å²) in [5, 5.41) is 9.04. The Labute approximate surface area is 73.6 Å². The zero-order valence-electron chi connectivity index (χ0n) is 7.57. The number of hydrogen-bond donors (Lipinski definition) is 1. The molecule has 0 aromatic rings. The van der Waals surface area contributed by atoms with E-state index in [1.807, 2.05) is 6.08 Å². The fourth-order valence-corrected chi connectivity index (χ4v) is 1.69. The second-order valence-electron chi connectivity index (χ2n) is 3.17. The maximum atomic E-state index is 9.04. The fraction of sp³-hybridized carbons (Fsp3) is 0.778. The van der Waals surface area contributed by atoms with Gasteiger partial charge in [0.25, 0.3) is 0 Å². The smallest absolute Gasteiger partial charge is 0.0714 e. The lowest BCUT2D eigenvalue weighted by atomic mass is 10.2. The number of ether oxygens (including phenoxy) is 1. The van der Waals surface area contributed by atoms with Gasteiger partial charge in [0.15, 0.2) is 0 Å². The van der Waals surface area contributed by atoms with Crippen molar-refractivity contribution in [2.75, 3.05) is 26.8 Å². The molecule has 70 valence electrons. The lowest BCUT2D eigenvalue weighted by Gasteiger charge is -2.19. The van der Waals surface area contributed by atoms with Crippen molar-refractivity contribution in [3.63, 3.8) is 0 Å². The summed E-state index contributed by atoms with van der Waals surface area (Å²) >= 11 is 0. The van der Waals surface area contributed by atoms with Crippen molar-refractivity contribution >= 4 is 0 Å². The van der Waals surface area contributed by atoms with Crippen LogP contribution in [0, 0.1) is 0 Å². The molecule has 1 rings (SSSR count). The standard InChI is InChI=1S/C9H17NO2/c1-3-4-10-6-9(12-2)5-8(10)7-11/h3,8-9,11H,1,4-7H2,2H3/t8-,9-/m1/s1. The molecule has 1 aliphatic heterocycles. The van der Waals surface area contributed by atoms with Gasteiger partial charge in [0.1, 0.15) is 0 Å². The van der Waals surface area contributed by atoms with E-state index in [9.17, 15) is 0 Å². The van der Waals surface area contributed by atoms with Gasteiger partial charge in [-0.05, 0) is 6.42 Å². The highest BCUT2D eigenvalue weighted by Gasteiger charge is 2.30. The topological polar surface area (TPSA) is 32.7 Å². The predicted molar refractivity (Wildman–Crippen MR) is 48.1 cm³/mol. The first-order chi connectivity index (χ1) is 5.81. The van der Waals surface area contributed by atoms with E-state index >= 15 is 0 Å². The summed E-state index contributed by atoms with van der Waals surface area (Å²) in [6.07, 6.45) is 3.07. The van der Waals surface area contributed by atoms with Gasteiger partial charge in [0, 0.05) is 26.2 Å². The molecule has 1 aliphatic rings. The average molecular weight is 171 g/mol. The van der Waals surface area contributed by atoms with Gasteiger partial charge in [-0.25, -0.2) is 0 Å². The summed E-state index contributed by atoms with van der Waals surface area (Å²) in [6.45, 7) is 5.64. The number of aliphatic hydroxyl groups excluding tert-OH is 1. The first kappa shape index (κ1) is 9.71. The SMILES string of the molecule is C=CCN1C[C@H](OC)C[C@@H]1CO. The molecule has 0 radical (unpaired) electrons. The average Bonchev–Trinajstić information content (AvgIpc) is 2.48. The number of aliphatic hydroxyl groups is 1. The van der Waals surface area contributed by atoms with Crippen LogP contribution in [0.4, 0.5) is 0 Å². The van der Waals surface area contributed by atoms with Gasteiger partial charge in [0.05, 0.1) is 12.7 Å². The van der Waals surface area contributed by atoms with Crippen LogP contribution in [0.2, 0.25) is 0 Å². The van der Waals surface area contributed by atoms with Crippen molar-refractivity contribution in [3.05, 3.63) is 12.7 Å². The van der Waals surface area contributed by atoms with E-state index in [4.69, 9.17) is 9.84 Å². The quantitative estimate of drug-likeness (QED) is 0.616. The van der Waals surface area contributed by atoms with Gasteiger partial charge in [-0.2, -0.15) is 0 Å². The minimum absolute atomic E-state index is 0.216. The molecule has 0 unspecified atom stereocenters. The molecule has 0 aromatic heterocycles. The monoisotopic (exact) mass is 171 g/mol. The first-order valence-corrected chi connectivity index (χ1v) is 4.30. The molecule has 0 aromatic carbocycles. The summed E-state index contributed by atoms with van der Waals surface area (Å²) in [5.41, 5.74) is 0. The highest BCUT2D eigenvalue weighted by Crippen LogP contribution is 2.18. The molecule has 0 spiro atoms. The van der Waals surface area contributed by atoms with Crippen LogP contribution in [0.5, 0.6) is 0 Å². The summed E-state index contributed by atoms with van der Waals surface area (Å²) < 4.78 is 5.23. The molecule has 0 saturated carbocycles. The molecule has 1 N–H and O–H groups in total. The largest absolute Gasteiger partial charge is 0.395 e. The third-order valence-electron chi connectivity index (χ3n) is 2.40. The van der Waals surface area contributed by atoms with E-state index in [2.05, 4.69) is 11.5 Å². The molecule has 0 aliphatic carbocycles. The van der Waals surface area contributed by atoms with Gasteiger partial charge in [-0.15, -0.1) is 6.58 Å². The Morgan fingerprint density at radius 1 is 1.75 bits per heavy atom. The van der Waals surface area contributed by atoms with Crippen LogP contribution in [0.1, 0.15) is 6.42 Å². The van der Waals surface area contributed by atoms with Crippen LogP contribution in [0.25, 0.3) is 0 Å². The molecular formula is C9H17NO2. The maximum absolute atomic E-state index is 9.04. The third-order valence-corrected chi connectivity index (χ3v) is 2.40. The molecule has 1 fully saturated rings. The number of hydrogen-bond acceptors (Lipinski definition) is 3. The van der Waals surface area contributed by atoms with E-state index in [0.717, 1.165) is 19.5 Å². The fourth-order valence-electron chi connectivity index (χ4n) is 1.69. The lowest BCUT2D eigenvalue weighted by molar-refractivity contribution is 0.109. The Kier molecular flexibility index (Phi) is 3.72. The van der Waals surface area contributed by atoms with Crippen LogP contribution < -0.4 is 0 Å². The highest BCUT2D eigenvalue weighted by molar-refractivity contribution is 4.88. The number of nitrogens with zero attached hydrogens (tertiary/aromatic N) is 1.